The van der Waals surface area contributed by atoms with Gasteiger partial charge in [-0.3, -0.25) is 13.7 Å². The summed E-state index contributed by atoms with van der Waals surface area (Å²) < 4.78 is 6.88. The molecule has 0 spiro atoms. The fourth-order valence-corrected chi connectivity index (χ4v) is 16.4. The van der Waals surface area contributed by atoms with Gasteiger partial charge in [0.1, 0.15) is 17.5 Å². The highest BCUT2D eigenvalue weighted by atomic mass is 32.3. The summed E-state index contributed by atoms with van der Waals surface area (Å²) in [5.41, 5.74) is 10.1. The van der Waals surface area contributed by atoms with E-state index in [0.717, 1.165) is 82.7 Å². The van der Waals surface area contributed by atoms with Crippen molar-refractivity contribution >= 4 is 75.4 Å². The molecule has 0 radical (unpaired) electrons. The van der Waals surface area contributed by atoms with Crippen molar-refractivity contribution in [1.29, 1.82) is 0 Å². The quantitative estimate of drug-likeness (QED) is 0.137. The molecule has 0 amide bonds. The van der Waals surface area contributed by atoms with Crippen LogP contribution in [0.3, 0.4) is 0 Å². The Labute approximate surface area is 474 Å². The summed E-state index contributed by atoms with van der Waals surface area (Å²) in [6.45, 7) is 0. The number of hydrogen-bond acceptors (Lipinski definition) is 4. The molecule has 7 nitrogen and oxygen atoms in total. The van der Waals surface area contributed by atoms with Crippen molar-refractivity contribution < 1.29 is 0 Å². The lowest BCUT2D eigenvalue weighted by Crippen LogP contribution is -2.08. The van der Waals surface area contributed by atoms with Crippen LogP contribution in [-0.2, 0) is 0 Å². The van der Waals surface area contributed by atoms with Crippen LogP contribution in [0, 0.1) is 0 Å². The van der Waals surface area contributed by atoms with E-state index in [4.69, 9.17) is 19.9 Å². The van der Waals surface area contributed by atoms with Gasteiger partial charge in [0.2, 0.25) is 0 Å². The van der Waals surface area contributed by atoms with Gasteiger partial charge in [-0.05, 0) is 84.9 Å². The SMILES string of the molecule is c1ccc(-c2cc(-n3c4ccccc4c4ccccc43)nc(-c3cccc(S(c4ccccc4)(c4ccccc4)c4cccc(-c5nc(-n6c7ccccc7c7ccccc76)cc(-n6c7ccccc7c7ccccc76)n5)c4)c3)n2)cc1. The number of aromatic nitrogens is 7. The van der Waals surface area contributed by atoms with Crippen LogP contribution in [0.15, 0.2) is 317 Å². The third-order valence-corrected chi connectivity index (χ3v) is 19.9. The monoisotopic (exact) mass is 1070 g/mol. The molecule has 5 heterocycles. The van der Waals surface area contributed by atoms with E-state index < -0.39 is 10.0 Å². The Morgan fingerprint density at radius 2 is 0.500 bits per heavy atom. The van der Waals surface area contributed by atoms with E-state index in [1.54, 1.807) is 0 Å². The first kappa shape index (κ1) is 47.3. The molecule has 5 aromatic heterocycles. The average Bonchev–Trinajstić information content (AvgIpc) is 3.45. The molecule has 16 rings (SSSR count). The Balaban J connectivity index is 0.937. The number of para-hydroxylation sites is 6. The second-order valence-electron chi connectivity index (χ2n) is 20.6. The maximum atomic E-state index is 5.64. The molecule has 0 bridgehead atoms. The second kappa shape index (κ2) is 19.3. The minimum Gasteiger partial charge on any atom is -0.294 e. The van der Waals surface area contributed by atoms with Gasteiger partial charge in [-0.15, -0.1) is 10.0 Å². The number of nitrogens with zero attached hydrogens (tertiary/aromatic N) is 7. The molecule has 0 aliphatic carbocycles. The minimum atomic E-state index is -2.29. The van der Waals surface area contributed by atoms with Crippen molar-refractivity contribution in [3.05, 3.63) is 297 Å². The fraction of sp³-hybridized carbons (Fsp3) is 0. The summed E-state index contributed by atoms with van der Waals surface area (Å²) in [5, 5.41) is 7.02. The fourth-order valence-electron chi connectivity index (χ4n) is 12.4. The number of benzene rings is 11. The molecule has 0 aliphatic heterocycles. The Kier molecular flexibility index (Phi) is 11.1. The molecular weight excluding hydrogens is 1020 g/mol. The first-order chi connectivity index (χ1) is 40.7. The summed E-state index contributed by atoms with van der Waals surface area (Å²) >= 11 is 0. The zero-order valence-electron chi connectivity index (χ0n) is 44.3. The number of rotatable bonds is 10. The van der Waals surface area contributed by atoms with E-state index in [1.165, 1.54) is 42.1 Å². The maximum absolute atomic E-state index is 5.64. The number of fused-ring (bicyclic) bond motifs is 9. The molecule has 0 fully saturated rings. The predicted molar refractivity (Wildman–Crippen MR) is 337 cm³/mol. The van der Waals surface area contributed by atoms with Crippen LogP contribution >= 0.6 is 10.0 Å². The summed E-state index contributed by atoms with van der Waals surface area (Å²) in [4.78, 5) is 26.9. The van der Waals surface area contributed by atoms with E-state index in [9.17, 15) is 0 Å². The van der Waals surface area contributed by atoms with Crippen LogP contribution in [0.4, 0.5) is 0 Å². The van der Waals surface area contributed by atoms with Crippen molar-refractivity contribution in [3.63, 3.8) is 0 Å². The third kappa shape index (κ3) is 7.53. The Hall–Kier alpha value is -10.7. The topological polar surface area (TPSA) is 66.3 Å². The summed E-state index contributed by atoms with van der Waals surface area (Å²) in [6, 6.07) is 106. The molecule has 82 heavy (non-hydrogen) atoms. The largest absolute Gasteiger partial charge is 0.294 e. The standard InChI is InChI=1S/C74H49N7S/c1-4-24-50(25-5-1)63-48-70(79-64-40-16-10-34-57(64)58-35-11-17-41-65(58)79)76-73(75-63)51-26-22-32-55(46-51)82(53-28-6-2-7-29-53,54-30-8-3-9-31-54)56-33-23-27-52(47-56)74-77-71(80-66-42-18-12-36-59(66)60-37-13-19-43-67(60)80)49-72(78-74)81-68-44-20-14-38-61(68)62-39-15-21-45-69(62)81/h1-49H. The van der Waals surface area contributed by atoms with Gasteiger partial charge >= 0.3 is 0 Å². The first-order valence-corrected chi connectivity index (χ1v) is 29.2. The normalized spacial score (nSPS) is 12.1. The molecule has 0 atom stereocenters. The van der Waals surface area contributed by atoms with Crippen molar-refractivity contribution in [1.82, 2.24) is 33.6 Å². The zero-order valence-corrected chi connectivity index (χ0v) is 45.1. The average molecular weight is 1070 g/mol. The van der Waals surface area contributed by atoms with Gasteiger partial charge in [0.15, 0.2) is 11.6 Å². The lowest BCUT2D eigenvalue weighted by Gasteiger charge is -2.42. The highest BCUT2D eigenvalue weighted by Crippen LogP contribution is 2.74. The molecule has 16 aromatic rings. The summed E-state index contributed by atoms with van der Waals surface area (Å²) in [5.74, 6) is 3.61. The van der Waals surface area contributed by atoms with E-state index in [2.05, 4.69) is 305 Å². The third-order valence-electron chi connectivity index (χ3n) is 16.0. The van der Waals surface area contributed by atoms with Gasteiger partial charge in [-0.25, -0.2) is 19.9 Å². The van der Waals surface area contributed by atoms with Gasteiger partial charge in [-0.1, -0.05) is 200 Å². The van der Waals surface area contributed by atoms with Crippen molar-refractivity contribution in [2.24, 2.45) is 0 Å². The zero-order chi connectivity index (χ0) is 54.1. The van der Waals surface area contributed by atoms with Crippen LogP contribution in [-0.4, -0.2) is 33.6 Å². The lowest BCUT2D eigenvalue weighted by molar-refractivity contribution is 0.993. The molecule has 0 aliphatic rings. The summed E-state index contributed by atoms with van der Waals surface area (Å²) in [6.07, 6.45) is 0. The van der Waals surface area contributed by atoms with Crippen LogP contribution in [0.25, 0.3) is 117 Å². The Bertz CT molecular complexity index is 4790. The van der Waals surface area contributed by atoms with E-state index in [0.29, 0.717) is 11.6 Å². The number of hydrogen-bond donors (Lipinski definition) is 0. The van der Waals surface area contributed by atoms with Crippen LogP contribution in [0.5, 0.6) is 0 Å². The highest BCUT2D eigenvalue weighted by molar-refractivity contribution is 8.34. The van der Waals surface area contributed by atoms with Crippen molar-refractivity contribution in [2.75, 3.05) is 0 Å². The van der Waals surface area contributed by atoms with E-state index >= 15 is 0 Å². The molecule has 11 aromatic carbocycles. The summed E-state index contributed by atoms with van der Waals surface area (Å²) in [7, 11) is -2.29. The molecular formula is C74H49N7S. The molecule has 0 unspecified atom stereocenters. The van der Waals surface area contributed by atoms with Crippen LogP contribution in [0.1, 0.15) is 0 Å². The van der Waals surface area contributed by atoms with Crippen LogP contribution in [0.2, 0.25) is 0 Å². The van der Waals surface area contributed by atoms with Gasteiger partial charge in [-0.2, -0.15) is 0 Å². The molecule has 0 N–H and O–H groups in total. The van der Waals surface area contributed by atoms with Gasteiger partial charge in [0.25, 0.3) is 0 Å². The maximum Gasteiger partial charge on any atom is 0.163 e. The van der Waals surface area contributed by atoms with E-state index in [-0.39, 0.29) is 0 Å². The molecule has 8 heteroatoms. The van der Waals surface area contributed by atoms with Crippen molar-refractivity contribution in [2.45, 2.75) is 19.6 Å². The van der Waals surface area contributed by atoms with Gasteiger partial charge < -0.3 is 0 Å². The first-order valence-electron chi connectivity index (χ1n) is 27.6. The van der Waals surface area contributed by atoms with Crippen molar-refractivity contribution in [3.8, 4) is 51.5 Å². The minimum absolute atomic E-state index is 0.616. The second-order valence-corrected chi connectivity index (χ2v) is 23.7. The Morgan fingerprint density at radius 3 is 0.866 bits per heavy atom. The van der Waals surface area contributed by atoms with Gasteiger partial charge in [0, 0.05) is 80.7 Å². The Morgan fingerprint density at radius 1 is 0.220 bits per heavy atom. The van der Waals surface area contributed by atoms with Crippen LogP contribution < -0.4 is 0 Å². The highest BCUT2D eigenvalue weighted by Gasteiger charge is 2.34. The molecule has 0 saturated heterocycles. The molecule has 0 saturated carbocycles. The smallest absolute Gasteiger partial charge is 0.163 e. The lowest BCUT2D eigenvalue weighted by atomic mass is 10.1. The van der Waals surface area contributed by atoms with Gasteiger partial charge in [0.05, 0.1) is 38.8 Å². The van der Waals surface area contributed by atoms with E-state index in [1.807, 2.05) is 6.07 Å². The molecule has 386 valence electrons. The predicted octanol–water partition coefficient (Wildman–Crippen LogP) is 18.9.